The van der Waals surface area contributed by atoms with E-state index in [2.05, 4.69) is 15.6 Å². The van der Waals surface area contributed by atoms with Gasteiger partial charge in [0.2, 0.25) is 0 Å². The van der Waals surface area contributed by atoms with Gasteiger partial charge in [0.15, 0.2) is 0 Å². The van der Waals surface area contributed by atoms with Crippen molar-refractivity contribution in [3.63, 3.8) is 0 Å². The third-order valence-electron chi connectivity index (χ3n) is 3.02. The highest BCUT2D eigenvalue weighted by atomic mass is 16.1. The van der Waals surface area contributed by atoms with Gasteiger partial charge >= 0.3 is 0 Å². The van der Waals surface area contributed by atoms with Crippen LogP contribution in [0.2, 0.25) is 0 Å². The molecule has 0 saturated carbocycles. The van der Waals surface area contributed by atoms with E-state index < -0.39 is 0 Å². The van der Waals surface area contributed by atoms with Crippen molar-refractivity contribution >= 4 is 23.1 Å². The van der Waals surface area contributed by atoms with Gasteiger partial charge in [-0.05, 0) is 43.3 Å². The smallest absolute Gasteiger partial charge is 0.255 e. The molecule has 5 nitrogen and oxygen atoms in total. The summed E-state index contributed by atoms with van der Waals surface area (Å²) in [4.78, 5) is 18.4. The number of rotatable bonds is 5. The highest BCUT2D eigenvalue weighted by molar-refractivity contribution is 6.04. The summed E-state index contributed by atoms with van der Waals surface area (Å²) in [5.41, 5.74) is 2.44. The molecule has 0 saturated heterocycles. The molecule has 0 unspecified atom stereocenters. The number of aromatic nitrogens is 1. The first kappa shape index (κ1) is 14.8. The molecule has 1 aromatic carbocycles. The molecule has 0 atom stereocenters. The topological polar surface area (TPSA) is 57.3 Å². The number of benzene rings is 1. The van der Waals surface area contributed by atoms with Crippen LogP contribution in [0.3, 0.4) is 0 Å². The lowest BCUT2D eigenvalue weighted by Gasteiger charge is -2.13. The number of pyridine rings is 1. The van der Waals surface area contributed by atoms with Crippen LogP contribution in [-0.2, 0) is 0 Å². The molecule has 0 aliphatic heterocycles. The van der Waals surface area contributed by atoms with E-state index in [1.807, 2.05) is 50.2 Å². The maximum atomic E-state index is 12.2. The van der Waals surface area contributed by atoms with Crippen LogP contribution in [0.15, 0.2) is 42.6 Å². The SMILES string of the molecule is CCNc1cc(C(=O)Nc2ccc(N(C)C)cc2)ccn1. The maximum Gasteiger partial charge on any atom is 0.255 e. The monoisotopic (exact) mass is 284 g/mol. The molecular formula is C16H20N4O. The molecule has 0 aliphatic rings. The molecule has 5 heteroatoms. The summed E-state index contributed by atoms with van der Waals surface area (Å²) in [6.07, 6.45) is 1.63. The molecule has 1 aromatic heterocycles. The Morgan fingerprint density at radius 1 is 1.19 bits per heavy atom. The molecule has 21 heavy (non-hydrogen) atoms. The standard InChI is InChI=1S/C16H20N4O/c1-4-17-15-11-12(9-10-18-15)16(21)19-13-5-7-14(8-6-13)20(2)3/h5-11H,4H2,1-3H3,(H,17,18)(H,19,21). The maximum absolute atomic E-state index is 12.2. The minimum absolute atomic E-state index is 0.144. The predicted octanol–water partition coefficient (Wildman–Crippen LogP) is 2.83. The van der Waals surface area contributed by atoms with Crippen LogP contribution in [0.1, 0.15) is 17.3 Å². The van der Waals surface area contributed by atoms with Gasteiger partial charge in [-0.1, -0.05) is 0 Å². The van der Waals surface area contributed by atoms with Crippen molar-refractivity contribution in [2.24, 2.45) is 0 Å². The lowest BCUT2D eigenvalue weighted by molar-refractivity contribution is 0.102. The second-order valence-corrected chi connectivity index (χ2v) is 4.86. The Morgan fingerprint density at radius 3 is 2.52 bits per heavy atom. The first-order chi connectivity index (χ1) is 10.1. The third-order valence-corrected chi connectivity index (χ3v) is 3.02. The van der Waals surface area contributed by atoms with Crippen molar-refractivity contribution in [2.75, 3.05) is 36.2 Å². The van der Waals surface area contributed by atoms with Crippen molar-refractivity contribution < 1.29 is 4.79 Å². The average molecular weight is 284 g/mol. The van der Waals surface area contributed by atoms with Crippen molar-refractivity contribution in [1.82, 2.24) is 4.98 Å². The number of nitrogens with one attached hydrogen (secondary N) is 2. The lowest BCUT2D eigenvalue weighted by atomic mass is 10.2. The van der Waals surface area contributed by atoms with E-state index in [-0.39, 0.29) is 5.91 Å². The molecule has 0 aliphatic carbocycles. The number of hydrogen-bond donors (Lipinski definition) is 2. The van der Waals surface area contributed by atoms with Crippen LogP contribution < -0.4 is 15.5 Å². The Morgan fingerprint density at radius 2 is 1.90 bits per heavy atom. The fourth-order valence-electron chi connectivity index (χ4n) is 1.90. The van der Waals surface area contributed by atoms with Crippen LogP contribution in [0, 0.1) is 0 Å². The van der Waals surface area contributed by atoms with Gasteiger partial charge in [-0.2, -0.15) is 0 Å². The normalized spacial score (nSPS) is 10.0. The zero-order valence-electron chi connectivity index (χ0n) is 12.6. The fourth-order valence-corrected chi connectivity index (χ4v) is 1.90. The van der Waals surface area contributed by atoms with Gasteiger partial charge in [-0.15, -0.1) is 0 Å². The van der Waals surface area contributed by atoms with Crippen molar-refractivity contribution in [1.29, 1.82) is 0 Å². The van der Waals surface area contributed by atoms with Crippen LogP contribution in [0.25, 0.3) is 0 Å². The van der Waals surface area contributed by atoms with Gasteiger partial charge in [0.1, 0.15) is 5.82 Å². The first-order valence-corrected chi connectivity index (χ1v) is 6.89. The summed E-state index contributed by atoms with van der Waals surface area (Å²) in [7, 11) is 3.96. The molecular weight excluding hydrogens is 264 g/mol. The van der Waals surface area contributed by atoms with E-state index in [0.29, 0.717) is 11.4 Å². The average Bonchev–Trinajstić information content (AvgIpc) is 2.48. The Hall–Kier alpha value is -2.56. The third kappa shape index (κ3) is 3.95. The molecule has 0 radical (unpaired) electrons. The number of anilines is 3. The number of hydrogen-bond acceptors (Lipinski definition) is 4. The van der Waals surface area contributed by atoms with Gasteiger partial charge in [0.05, 0.1) is 0 Å². The fraction of sp³-hybridized carbons (Fsp3) is 0.250. The minimum Gasteiger partial charge on any atom is -0.378 e. The number of amides is 1. The molecule has 2 N–H and O–H groups in total. The molecule has 2 aromatic rings. The summed E-state index contributed by atoms with van der Waals surface area (Å²) in [6, 6.07) is 11.1. The van der Waals surface area contributed by atoms with Crippen LogP contribution in [0.5, 0.6) is 0 Å². The zero-order chi connectivity index (χ0) is 15.2. The summed E-state index contributed by atoms with van der Waals surface area (Å²) >= 11 is 0. The first-order valence-electron chi connectivity index (χ1n) is 6.89. The Bertz CT molecular complexity index is 608. The van der Waals surface area contributed by atoms with Crippen LogP contribution >= 0.6 is 0 Å². The Balaban J connectivity index is 2.08. The number of carbonyl (C=O) groups is 1. The molecule has 110 valence electrons. The van der Waals surface area contributed by atoms with Crippen molar-refractivity contribution in [3.8, 4) is 0 Å². The van der Waals surface area contributed by atoms with E-state index in [1.165, 1.54) is 0 Å². The van der Waals surface area contributed by atoms with Gasteiger partial charge in [-0.25, -0.2) is 4.98 Å². The largest absolute Gasteiger partial charge is 0.378 e. The molecule has 1 amide bonds. The summed E-state index contributed by atoms with van der Waals surface area (Å²) < 4.78 is 0. The molecule has 2 rings (SSSR count). The second kappa shape index (κ2) is 6.74. The van der Waals surface area contributed by atoms with Crippen molar-refractivity contribution in [2.45, 2.75) is 6.92 Å². The van der Waals surface area contributed by atoms with Crippen LogP contribution in [-0.4, -0.2) is 31.5 Å². The highest BCUT2D eigenvalue weighted by Gasteiger charge is 2.07. The summed E-state index contributed by atoms with van der Waals surface area (Å²) in [6.45, 7) is 2.75. The van der Waals surface area contributed by atoms with Gasteiger partial charge < -0.3 is 15.5 Å². The van der Waals surface area contributed by atoms with E-state index in [4.69, 9.17) is 0 Å². The summed E-state index contributed by atoms with van der Waals surface area (Å²) in [5.74, 6) is 0.558. The van der Waals surface area contributed by atoms with E-state index in [0.717, 1.165) is 17.9 Å². The lowest BCUT2D eigenvalue weighted by Crippen LogP contribution is -2.13. The summed E-state index contributed by atoms with van der Waals surface area (Å²) in [5, 5.41) is 5.97. The second-order valence-electron chi connectivity index (χ2n) is 4.86. The Kier molecular flexibility index (Phi) is 4.77. The predicted molar refractivity (Wildman–Crippen MR) is 87.1 cm³/mol. The van der Waals surface area contributed by atoms with Gasteiger partial charge in [0.25, 0.3) is 5.91 Å². The number of carbonyl (C=O) groups excluding carboxylic acids is 1. The Labute approximate surface area is 125 Å². The van der Waals surface area contributed by atoms with E-state index in [9.17, 15) is 4.79 Å². The van der Waals surface area contributed by atoms with Gasteiger partial charge in [0, 0.05) is 43.8 Å². The van der Waals surface area contributed by atoms with Gasteiger partial charge in [-0.3, -0.25) is 4.79 Å². The molecule has 1 heterocycles. The molecule has 0 fully saturated rings. The quantitative estimate of drug-likeness (QED) is 0.886. The zero-order valence-corrected chi connectivity index (χ0v) is 12.6. The molecule has 0 bridgehead atoms. The molecule has 0 spiro atoms. The number of nitrogens with zero attached hydrogens (tertiary/aromatic N) is 2. The highest BCUT2D eigenvalue weighted by Crippen LogP contribution is 2.17. The van der Waals surface area contributed by atoms with E-state index >= 15 is 0 Å². The van der Waals surface area contributed by atoms with E-state index in [1.54, 1.807) is 18.3 Å². The van der Waals surface area contributed by atoms with Crippen LogP contribution in [0.4, 0.5) is 17.2 Å². The minimum atomic E-state index is -0.144. The van der Waals surface area contributed by atoms with Crippen molar-refractivity contribution in [3.05, 3.63) is 48.2 Å².